The second-order valence-electron chi connectivity index (χ2n) is 9.26. The number of nitrogens with zero attached hydrogens (tertiary/aromatic N) is 2. The third-order valence-electron chi connectivity index (χ3n) is 4.73. The molecule has 1 rings (SSSR count). The summed E-state index contributed by atoms with van der Waals surface area (Å²) in [5, 5.41) is 0. The normalized spacial score (nSPS) is 21.3. The van der Waals surface area contributed by atoms with Crippen LogP contribution in [0.2, 0.25) is 0 Å². The molecule has 1 saturated heterocycles. The van der Waals surface area contributed by atoms with E-state index in [1.165, 1.54) is 0 Å². The molecule has 0 bridgehead atoms. The van der Waals surface area contributed by atoms with E-state index in [2.05, 4.69) is 26.6 Å². The maximum Gasteiger partial charge on any atom is 0.253 e. The van der Waals surface area contributed by atoms with E-state index in [0.29, 0.717) is 26.3 Å². The molecule has 1 fully saturated rings. The fraction of sp³-hybridized carbons (Fsp3) is 0.895. The molecule has 0 saturated carbocycles. The Morgan fingerprint density at radius 1 is 1.23 bits per heavy atom. The number of rotatable bonds is 6. The van der Waals surface area contributed by atoms with Crippen molar-refractivity contribution in [1.29, 1.82) is 0 Å². The lowest BCUT2D eigenvalue weighted by Crippen LogP contribution is -2.55. The zero-order valence-electron chi connectivity index (χ0n) is 17.8. The number of ether oxygens (including phenoxy) is 2. The van der Waals surface area contributed by atoms with Crippen LogP contribution >= 0.6 is 0 Å². The molecule has 0 aromatic rings. The number of carbonyl (C=O) groups excluding carboxylic acids is 1. The standard InChI is InChI=1S/C19H38N2O4S/c1-15(18(2,3)4)25-16(17(22)20-10-12-24-13-11-20)14-21(19(5,6)7)26(8,9)23/h15-16H,8,10-14H2,1-7,9H3. The van der Waals surface area contributed by atoms with Gasteiger partial charge in [0.1, 0.15) is 6.10 Å². The van der Waals surface area contributed by atoms with Crippen LogP contribution in [0.15, 0.2) is 0 Å². The van der Waals surface area contributed by atoms with Crippen LogP contribution in [-0.4, -0.2) is 82.0 Å². The summed E-state index contributed by atoms with van der Waals surface area (Å²) in [5.74, 6) is 3.78. The van der Waals surface area contributed by atoms with Gasteiger partial charge in [0.25, 0.3) is 5.91 Å². The van der Waals surface area contributed by atoms with E-state index in [9.17, 15) is 9.00 Å². The molecule has 3 unspecified atom stereocenters. The molecule has 0 spiro atoms. The lowest BCUT2D eigenvalue weighted by Gasteiger charge is -2.41. The Morgan fingerprint density at radius 2 is 1.73 bits per heavy atom. The first-order valence-corrected chi connectivity index (χ1v) is 11.4. The van der Waals surface area contributed by atoms with Gasteiger partial charge < -0.3 is 14.4 Å². The molecular formula is C19H38N2O4S. The number of amides is 1. The van der Waals surface area contributed by atoms with Crippen LogP contribution in [0.3, 0.4) is 0 Å². The summed E-state index contributed by atoms with van der Waals surface area (Å²) < 4.78 is 26.1. The molecular weight excluding hydrogens is 352 g/mol. The summed E-state index contributed by atoms with van der Waals surface area (Å²) in [6, 6.07) is 0. The van der Waals surface area contributed by atoms with Gasteiger partial charge in [-0.3, -0.25) is 9.00 Å². The number of morpholine rings is 1. The maximum atomic E-state index is 13.2. The summed E-state index contributed by atoms with van der Waals surface area (Å²) in [7, 11) is -2.50. The Hall–Kier alpha value is -0.630. The van der Waals surface area contributed by atoms with Crippen LogP contribution in [0.4, 0.5) is 0 Å². The van der Waals surface area contributed by atoms with E-state index in [1.807, 2.05) is 27.7 Å². The minimum atomic E-state index is -2.50. The zero-order chi connectivity index (χ0) is 20.3. The molecule has 1 aliphatic rings. The fourth-order valence-corrected chi connectivity index (χ4v) is 4.39. The van der Waals surface area contributed by atoms with Crippen molar-refractivity contribution < 1.29 is 18.5 Å². The molecule has 0 radical (unpaired) electrons. The summed E-state index contributed by atoms with van der Waals surface area (Å²) in [5.41, 5.74) is -0.500. The van der Waals surface area contributed by atoms with Crippen molar-refractivity contribution in [2.45, 2.75) is 66.2 Å². The Morgan fingerprint density at radius 3 is 2.12 bits per heavy atom. The average molecular weight is 391 g/mol. The smallest absolute Gasteiger partial charge is 0.253 e. The van der Waals surface area contributed by atoms with Crippen molar-refractivity contribution in [2.75, 3.05) is 39.1 Å². The number of hydrogen-bond acceptors (Lipinski definition) is 4. The third-order valence-corrected chi connectivity index (χ3v) is 6.36. The highest BCUT2D eigenvalue weighted by Crippen LogP contribution is 2.25. The highest BCUT2D eigenvalue weighted by molar-refractivity contribution is 7.97. The molecule has 3 atom stereocenters. The average Bonchev–Trinajstić information content (AvgIpc) is 2.47. The fourth-order valence-electron chi connectivity index (χ4n) is 2.78. The predicted octanol–water partition coefficient (Wildman–Crippen LogP) is 2.03. The first kappa shape index (κ1) is 23.4. The molecule has 1 amide bonds. The first-order chi connectivity index (χ1) is 11.6. The molecule has 1 aliphatic heterocycles. The molecule has 1 heterocycles. The highest BCUT2D eigenvalue weighted by Gasteiger charge is 2.36. The van der Waals surface area contributed by atoms with Crippen molar-refractivity contribution in [1.82, 2.24) is 9.21 Å². The molecule has 0 N–H and O–H groups in total. The molecule has 6 nitrogen and oxygen atoms in total. The maximum absolute atomic E-state index is 13.2. The molecule has 154 valence electrons. The lowest BCUT2D eigenvalue weighted by atomic mass is 9.90. The van der Waals surface area contributed by atoms with Crippen LogP contribution in [0, 0.1) is 5.41 Å². The van der Waals surface area contributed by atoms with Crippen LogP contribution in [-0.2, 0) is 24.0 Å². The number of carbonyl (C=O) groups is 1. The van der Waals surface area contributed by atoms with Gasteiger partial charge in [0.15, 0.2) is 0 Å². The molecule has 0 aliphatic carbocycles. The van der Waals surface area contributed by atoms with Crippen molar-refractivity contribution in [3.8, 4) is 0 Å². The van der Waals surface area contributed by atoms with Crippen molar-refractivity contribution >= 4 is 21.5 Å². The second-order valence-corrected chi connectivity index (χ2v) is 11.6. The van der Waals surface area contributed by atoms with Gasteiger partial charge in [-0.15, -0.1) is 0 Å². The minimum absolute atomic E-state index is 0.0673. The Labute approximate surface area is 160 Å². The van der Waals surface area contributed by atoms with E-state index in [4.69, 9.17) is 9.47 Å². The Bertz CT molecular complexity index is 569. The van der Waals surface area contributed by atoms with Crippen LogP contribution < -0.4 is 0 Å². The van der Waals surface area contributed by atoms with Crippen molar-refractivity contribution in [3.05, 3.63) is 0 Å². The highest BCUT2D eigenvalue weighted by atomic mass is 32.2. The van der Waals surface area contributed by atoms with Crippen LogP contribution in [0.1, 0.15) is 48.5 Å². The van der Waals surface area contributed by atoms with E-state index in [1.54, 1.807) is 15.5 Å². The topological polar surface area (TPSA) is 59.1 Å². The summed E-state index contributed by atoms with van der Waals surface area (Å²) in [6.07, 6.45) is 0.794. The van der Waals surface area contributed by atoms with Gasteiger partial charge in [-0.25, -0.2) is 4.31 Å². The SMILES string of the molecule is C=S(C)(=O)N(CC(OC(C)C(C)(C)C)C(=O)N1CCOCC1)C(C)(C)C. The van der Waals surface area contributed by atoms with Gasteiger partial charge in [0.05, 0.1) is 19.3 Å². The predicted molar refractivity (Wildman–Crippen MR) is 109 cm³/mol. The van der Waals surface area contributed by atoms with E-state index in [-0.39, 0.29) is 24.0 Å². The van der Waals surface area contributed by atoms with E-state index >= 15 is 0 Å². The van der Waals surface area contributed by atoms with Gasteiger partial charge in [-0.2, -0.15) is 0 Å². The van der Waals surface area contributed by atoms with Gasteiger partial charge in [-0.05, 0) is 39.0 Å². The first-order valence-electron chi connectivity index (χ1n) is 9.26. The van der Waals surface area contributed by atoms with Gasteiger partial charge in [-0.1, -0.05) is 20.8 Å². The molecule has 0 aromatic heterocycles. The minimum Gasteiger partial charge on any atom is -0.378 e. The molecule has 26 heavy (non-hydrogen) atoms. The van der Waals surface area contributed by atoms with Crippen LogP contribution in [0.25, 0.3) is 0 Å². The Kier molecular flexibility index (Phi) is 7.73. The number of hydrogen-bond donors (Lipinski definition) is 0. The van der Waals surface area contributed by atoms with Gasteiger partial charge in [0, 0.05) is 41.1 Å². The van der Waals surface area contributed by atoms with Gasteiger partial charge in [0.2, 0.25) is 0 Å². The second kappa shape index (κ2) is 8.59. The lowest BCUT2D eigenvalue weighted by molar-refractivity contribution is -0.156. The van der Waals surface area contributed by atoms with Crippen molar-refractivity contribution in [2.24, 2.45) is 5.41 Å². The van der Waals surface area contributed by atoms with Crippen molar-refractivity contribution in [3.63, 3.8) is 0 Å². The third kappa shape index (κ3) is 6.83. The monoisotopic (exact) mass is 390 g/mol. The van der Waals surface area contributed by atoms with Crippen LogP contribution in [0.5, 0.6) is 0 Å². The Balaban J connectivity index is 3.11. The summed E-state index contributed by atoms with van der Waals surface area (Å²) >= 11 is 0. The molecule has 7 heteroatoms. The molecule has 0 aromatic carbocycles. The summed E-state index contributed by atoms with van der Waals surface area (Å²) in [6.45, 7) is 16.6. The van der Waals surface area contributed by atoms with E-state index < -0.39 is 21.4 Å². The largest absolute Gasteiger partial charge is 0.378 e. The van der Waals surface area contributed by atoms with Gasteiger partial charge >= 0.3 is 0 Å². The van der Waals surface area contributed by atoms with E-state index in [0.717, 1.165) is 0 Å². The quantitative estimate of drug-likeness (QED) is 0.651. The zero-order valence-corrected chi connectivity index (χ0v) is 18.6. The summed E-state index contributed by atoms with van der Waals surface area (Å²) in [4.78, 5) is 14.9.